The van der Waals surface area contributed by atoms with Gasteiger partial charge in [0.25, 0.3) is 0 Å². The lowest BCUT2D eigenvalue weighted by Crippen LogP contribution is -2.00. The maximum absolute atomic E-state index is 11.2. The Balaban J connectivity index is 2.40. The number of aryl methyl sites for hydroxylation is 1. The molecule has 0 fully saturated rings. The van der Waals surface area contributed by atoms with Crippen molar-refractivity contribution in [1.82, 2.24) is 9.78 Å². The van der Waals surface area contributed by atoms with Crippen LogP contribution in [0.2, 0.25) is 0 Å². The molecule has 1 aromatic carbocycles. The fourth-order valence-electron chi connectivity index (χ4n) is 1.76. The molecular weight excluding hydrogens is 260 g/mol. The van der Waals surface area contributed by atoms with E-state index in [4.69, 9.17) is 4.74 Å². The molecule has 0 unspecified atom stereocenters. The van der Waals surface area contributed by atoms with Crippen molar-refractivity contribution >= 4 is 18.0 Å². The number of carbonyl (C=O) groups is 1. The van der Waals surface area contributed by atoms with Crippen molar-refractivity contribution in [3.05, 3.63) is 41.6 Å². The van der Waals surface area contributed by atoms with Gasteiger partial charge in [0.05, 0.1) is 23.6 Å². The Kier molecular flexibility index (Phi) is 4.76. The first-order chi connectivity index (χ1) is 9.27. The van der Waals surface area contributed by atoms with Crippen LogP contribution in [0.4, 0.5) is 0 Å². The summed E-state index contributed by atoms with van der Waals surface area (Å²) in [6.07, 6.45) is 0.872. The summed E-state index contributed by atoms with van der Waals surface area (Å²) >= 11 is 1.58. The first-order valence-electron chi connectivity index (χ1n) is 6.00. The molecule has 1 aromatic heterocycles. The topological polar surface area (TPSA) is 44.1 Å². The predicted molar refractivity (Wildman–Crippen MR) is 76.3 cm³/mol. The lowest BCUT2D eigenvalue weighted by molar-refractivity contribution is 0.112. The average Bonchev–Trinajstić information content (AvgIpc) is 2.76. The van der Waals surface area contributed by atoms with Crippen LogP contribution in [0.5, 0.6) is 0 Å². The predicted octanol–water partition coefficient (Wildman–Crippen LogP) is 2.73. The molecule has 2 aromatic rings. The van der Waals surface area contributed by atoms with Crippen LogP contribution in [0.3, 0.4) is 0 Å². The van der Waals surface area contributed by atoms with E-state index in [0.717, 1.165) is 28.4 Å². The van der Waals surface area contributed by atoms with Crippen LogP contribution < -0.4 is 0 Å². The first kappa shape index (κ1) is 13.8. The first-order valence-corrected chi connectivity index (χ1v) is 6.98. The smallest absolute Gasteiger partial charge is 0.154 e. The molecular formula is C14H16N2O2S. The molecule has 0 spiro atoms. The van der Waals surface area contributed by atoms with Crippen molar-refractivity contribution in [2.45, 2.75) is 11.9 Å². The third kappa shape index (κ3) is 3.05. The number of para-hydroxylation sites is 1. The summed E-state index contributed by atoms with van der Waals surface area (Å²) in [4.78, 5) is 11.2. The van der Waals surface area contributed by atoms with E-state index in [9.17, 15) is 4.79 Å². The number of benzene rings is 1. The van der Waals surface area contributed by atoms with Crippen molar-refractivity contribution in [3.8, 4) is 5.69 Å². The van der Waals surface area contributed by atoms with Crippen molar-refractivity contribution < 1.29 is 9.53 Å². The summed E-state index contributed by atoms with van der Waals surface area (Å²) in [6, 6.07) is 9.81. The van der Waals surface area contributed by atoms with Crippen molar-refractivity contribution in [3.63, 3.8) is 0 Å². The minimum absolute atomic E-state index is 0.641. The van der Waals surface area contributed by atoms with E-state index in [2.05, 4.69) is 5.10 Å². The Bertz CT molecular complexity index is 552. The zero-order valence-electron chi connectivity index (χ0n) is 11.0. The van der Waals surface area contributed by atoms with Crippen LogP contribution in [0.15, 0.2) is 35.4 Å². The fourth-order valence-corrected chi connectivity index (χ4v) is 2.82. The fraction of sp³-hybridized carbons (Fsp3) is 0.286. The molecule has 100 valence electrons. The molecule has 1 heterocycles. The SMILES string of the molecule is COCCSc1c(C=O)c(C)nn1-c1ccccc1. The molecule has 0 bridgehead atoms. The minimum atomic E-state index is 0.641. The summed E-state index contributed by atoms with van der Waals surface area (Å²) < 4.78 is 6.87. The van der Waals surface area contributed by atoms with Gasteiger partial charge in [-0.2, -0.15) is 5.10 Å². The van der Waals surface area contributed by atoms with Gasteiger partial charge in [0.2, 0.25) is 0 Å². The van der Waals surface area contributed by atoms with Gasteiger partial charge in [-0.05, 0) is 19.1 Å². The second-order valence-corrected chi connectivity index (χ2v) is 5.09. The Hall–Kier alpha value is -1.59. The van der Waals surface area contributed by atoms with E-state index in [1.807, 2.05) is 41.9 Å². The van der Waals surface area contributed by atoms with Crippen LogP contribution >= 0.6 is 11.8 Å². The molecule has 0 aliphatic rings. The lowest BCUT2D eigenvalue weighted by Gasteiger charge is -2.07. The highest BCUT2D eigenvalue weighted by atomic mass is 32.2. The standard InChI is InChI=1S/C14H16N2O2S/c1-11-13(10-17)14(19-9-8-18-2)16(15-11)12-6-4-3-5-7-12/h3-7,10H,8-9H2,1-2H3. The van der Waals surface area contributed by atoms with Crippen LogP contribution in [-0.2, 0) is 4.74 Å². The molecule has 4 nitrogen and oxygen atoms in total. The normalized spacial score (nSPS) is 10.6. The average molecular weight is 276 g/mol. The summed E-state index contributed by atoms with van der Waals surface area (Å²) in [7, 11) is 1.67. The number of ether oxygens (including phenoxy) is 1. The molecule has 0 saturated heterocycles. The third-order valence-corrected chi connectivity index (χ3v) is 3.74. The second kappa shape index (κ2) is 6.54. The number of rotatable bonds is 6. The van der Waals surface area contributed by atoms with Gasteiger partial charge in [-0.3, -0.25) is 4.79 Å². The third-order valence-electron chi connectivity index (χ3n) is 2.71. The van der Waals surface area contributed by atoms with Gasteiger partial charge >= 0.3 is 0 Å². The molecule has 0 atom stereocenters. The van der Waals surface area contributed by atoms with Gasteiger partial charge in [0.1, 0.15) is 5.03 Å². The summed E-state index contributed by atoms with van der Waals surface area (Å²) in [5, 5.41) is 5.33. The van der Waals surface area contributed by atoms with Gasteiger partial charge in [-0.1, -0.05) is 18.2 Å². The van der Waals surface area contributed by atoms with Crippen molar-refractivity contribution in [2.24, 2.45) is 0 Å². The molecule has 5 heteroatoms. The molecule has 2 rings (SSSR count). The van der Waals surface area contributed by atoms with E-state index in [1.54, 1.807) is 18.9 Å². The van der Waals surface area contributed by atoms with E-state index in [0.29, 0.717) is 12.2 Å². The Labute approximate surface area is 116 Å². The number of methoxy groups -OCH3 is 1. The highest BCUT2D eigenvalue weighted by molar-refractivity contribution is 7.99. The highest BCUT2D eigenvalue weighted by Gasteiger charge is 2.16. The summed E-state index contributed by atoms with van der Waals surface area (Å²) in [5.41, 5.74) is 2.36. The summed E-state index contributed by atoms with van der Waals surface area (Å²) in [6.45, 7) is 2.49. The molecule has 19 heavy (non-hydrogen) atoms. The van der Waals surface area contributed by atoms with E-state index >= 15 is 0 Å². The highest BCUT2D eigenvalue weighted by Crippen LogP contribution is 2.27. The van der Waals surface area contributed by atoms with E-state index in [1.165, 1.54) is 0 Å². The quantitative estimate of drug-likeness (QED) is 0.462. The van der Waals surface area contributed by atoms with Crippen molar-refractivity contribution in [2.75, 3.05) is 19.5 Å². The molecule has 0 radical (unpaired) electrons. The van der Waals surface area contributed by atoms with Crippen LogP contribution in [-0.4, -0.2) is 35.5 Å². The number of hydrogen-bond donors (Lipinski definition) is 0. The maximum Gasteiger partial charge on any atom is 0.154 e. The second-order valence-electron chi connectivity index (χ2n) is 4.01. The zero-order valence-corrected chi connectivity index (χ0v) is 11.8. The number of nitrogens with zero attached hydrogens (tertiary/aromatic N) is 2. The monoisotopic (exact) mass is 276 g/mol. The largest absolute Gasteiger partial charge is 0.384 e. The number of aromatic nitrogens is 2. The minimum Gasteiger partial charge on any atom is -0.384 e. The number of carbonyl (C=O) groups excluding carboxylic acids is 1. The molecule has 0 aliphatic heterocycles. The van der Waals surface area contributed by atoms with Crippen molar-refractivity contribution in [1.29, 1.82) is 0 Å². The molecule has 0 saturated carbocycles. The summed E-state index contributed by atoms with van der Waals surface area (Å²) in [5.74, 6) is 0.787. The Morgan fingerprint density at radius 1 is 1.37 bits per heavy atom. The lowest BCUT2D eigenvalue weighted by atomic mass is 10.3. The van der Waals surface area contributed by atoms with E-state index in [-0.39, 0.29) is 0 Å². The van der Waals surface area contributed by atoms with Gasteiger partial charge < -0.3 is 4.74 Å². The van der Waals surface area contributed by atoms with Gasteiger partial charge in [-0.25, -0.2) is 4.68 Å². The number of thioether (sulfide) groups is 1. The Morgan fingerprint density at radius 2 is 2.11 bits per heavy atom. The van der Waals surface area contributed by atoms with E-state index < -0.39 is 0 Å². The number of hydrogen-bond acceptors (Lipinski definition) is 4. The van der Waals surface area contributed by atoms with Crippen LogP contribution in [0, 0.1) is 6.92 Å². The Morgan fingerprint density at radius 3 is 2.74 bits per heavy atom. The van der Waals surface area contributed by atoms with Crippen LogP contribution in [0.1, 0.15) is 16.1 Å². The molecule has 0 N–H and O–H groups in total. The van der Waals surface area contributed by atoms with Gasteiger partial charge in [-0.15, -0.1) is 11.8 Å². The van der Waals surface area contributed by atoms with Gasteiger partial charge in [0.15, 0.2) is 6.29 Å². The zero-order chi connectivity index (χ0) is 13.7. The van der Waals surface area contributed by atoms with Gasteiger partial charge in [0, 0.05) is 12.9 Å². The number of aldehydes is 1. The molecule has 0 aliphatic carbocycles. The van der Waals surface area contributed by atoms with Crippen LogP contribution in [0.25, 0.3) is 5.69 Å². The molecule has 0 amide bonds. The maximum atomic E-state index is 11.2.